The summed E-state index contributed by atoms with van der Waals surface area (Å²) in [6, 6.07) is 7.52. The van der Waals surface area contributed by atoms with Crippen molar-refractivity contribution in [2.24, 2.45) is 0 Å². The van der Waals surface area contributed by atoms with Gasteiger partial charge in [-0.2, -0.15) is 0 Å². The van der Waals surface area contributed by atoms with Crippen LogP contribution in [0.3, 0.4) is 0 Å². The SMILES string of the molecule is CC.Sc1ccccc1NCl. The molecule has 0 heterocycles. The summed E-state index contributed by atoms with van der Waals surface area (Å²) in [7, 11) is 0. The Morgan fingerprint density at radius 1 is 1.27 bits per heavy atom. The fourth-order valence-corrected chi connectivity index (χ4v) is 1.00. The molecule has 0 aliphatic rings. The van der Waals surface area contributed by atoms with Crippen LogP contribution < -0.4 is 4.84 Å². The largest absolute Gasteiger partial charge is 0.297 e. The Morgan fingerprint density at radius 3 is 2.18 bits per heavy atom. The molecule has 1 rings (SSSR count). The number of benzene rings is 1. The first-order valence-electron chi connectivity index (χ1n) is 3.49. The molecule has 0 spiro atoms. The number of anilines is 1. The molecule has 0 aliphatic carbocycles. The van der Waals surface area contributed by atoms with Gasteiger partial charge in [0.2, 0.25) is 0 Å². The van der Waals surface area contributed by atoms with Crippen LogP contribution in [0.15, 0.2) is 29.2 Å². The highest BCUT2D eigenvalue weighted by molar-refractivity contribution is 7.80. The summed E-state index contributed by atoms with van der Waals surface area (Å²) >= 11 is 9.46. The van der Waals surface area contributed by atoms with Gasteiger partial charge in [0, 0.05) is 16.7 Å². The van der Waals surface area contributed by atoms with E-state index in [1.54, 1.807) is 0 Å². The molecule has 0 unspecified atom stereocenters. The summed E-state index contributed by atoms with van der Waals surface area (Å²) in [5.41, 5.74) is 0.836. The van der Waals surface area contributed by atoms with Gasteiger partial charge in [-0.1, -0.05) is 26.0 Å². The van der Waals surface area contributed by atoms with Gasteiger partial charge >= 0.3 is 0 Å². The van der Waals surface area contributed by atoms with E-state index in [9.17, 15) is 0 Å². The predicted molar refractivity (Wildman–Crippen MR) is 54.5 cm³/mol. The molecule has 3 heteroatoms. The van der Waals surface area contributed by atoms with Gasteiger partial charge in [-0.3, -0.25) is 4.84 Å². The first kappa shape index (κ1) is 10.7. The van der Waals surface area contributed by atoms with Crippen LogP contribution in [0.2, 0.25) is 0 Å². The molecule has 0 atom stereocenters. The molecule has 0 fully saturated rings. The maximum absolute atomic E-state index is 5.33. The molecule has 0 aliphatic heterocycles. The number of nitrogens with one attached hydrogen (secondary N) is 1. The molecular weight excluding hydrogens is 178 g/mol. The van der Waals surface area contributed by atoms with Gasteiger partial charge < -0.3 is 0 Å². The summed E-state index contributed by atoms with van der Waals surface area (Å²) < 4.78 is 0. The van der Waals surface area contributed by atoms with Gasteiger partial charge in [-0.05, 0) is 12.1 Å². The minimum absolute atomic E-state index is 0.836. The lowest BCUT2D eigenvalue weighted by Crippen LogP contribution is -1.79. The molecule has 0 saturated carbocycles. The van der Waals surface area contributed by atoms with Crippen molar-refractivity contribution < 1.29 is 0 Å². The number of halogens is 1. The van der Waals surface area contributed by atoms with Crippen LogP contribution in [0.4, 0.5) is 5.69 Å². The highest BCUT2D eigenvalue weighted by Gasteiger charge is 1.90. The van der Waals surface area contributed by atoms with E-state index in [0.717, 1.165) is 10.6 Å². The van der Waals surface area contributed by atoms with Gasteiger partial charge in [0.05, 0.1) is 5.69 Å². The normalized spacial score (nSPS) is 8.00. The molecule has 0 aromatic heterocycles. The second-order valence-electron chi connectivity index (χ2n) is 1.61. The topological polar surface area (TPSA) is 12.0 Å². The Bertz CT molecular complexity index is 203. The minimum atomic E-state index is 0.836. The predicted octanol–water partition coefficient (Wildman–Crippen LogP) is 3.57. The van der Waals surface area contributed by atoms with Gasteiger partial charge in [-0.25, -0.2) is 0 Å². The lowest BCUT2D eigenvalue weighted by Gasteiger charge is -1.98. The Balaban J connectivity index is 0.000000461. The molecule has 0 amide bonds. The Labute approximate surface area is 78.3 Å². The third-order valence-corrected chi connectivity index (χ3v) is 1.60. The first-order chi connectivity index (χ1) is 5.34. The van der Waals surface area contributed by atoms with E-state index in [-0.39, 0.29) is 0 Å². The van der Waals surface area contributed by atoms with E-state index in [0.29, 0.717) is 0 Å². The highest BCUT2D eigenvalue weighted by Crippen LogP contribution is 2.18. The third kappa shape index (κ3) is 3.54. The van der Waals surface area contributed by atoms with Crippen molar-refractivity contribution in [1.29, 1.82) is 0 Å². The summed E-state index contributed by atoms with van der Waals surface area (Å²) in [5, 5.41) is 0. The van der Waals surface area contributed by atoms with Crippen LogP contribution in [0.1, 0.15) is 13.8 Å². The molecule has 1 aromatic rings. The number of hydrogen-bond donors (Lipinski definition) is 2. The third-order valence-electron chi connectivity index (χ3n) is 1.01. The maximum Gasteiger partial charge on any atom is 0.0624 e. The van der Waals surface area contributed by atoms with E-state index >= 15 is 0 Å². The molecule has 1 N–H and O–H groups in total. The molecule has 0 bridgehead atoms. The van der Waals surface area contributed by atoms with Crippen molar-refractivity contribution in [3.63, 3.8) is 0 Å². The Morgan fingerprint density at radius 2 is 1.82 bits per heavy atom. The standard InChI is InChI=1S/C6H6ClNS.C2H6/c7-8-5-3-1-2-4-6(5)9;1-2/h1-4,8-9H;1-2H3. The van der Waals surface area contributed by atoms with Crippen molar-refractivity contribution in [3.05, 3.63) is 24.3 Å². The lowest BCUT2D eigenvalue weighted by atomic mass is 10.3. The number of rotatable bonds is 1. The van der Waals surface area contributed by atoms with E-state index in [1.807, 2.05) is 38.1 Å². The molecule has 1 aromatic carbocycles. The van der Waals surface area contributed by atoms with Gasteiger partial charge in [0.25, 0.3) is 0 Å². The summed E-state index contributed by atoms with van der Waals surface area (Å²) in [6.07, 6.45) is 0. The monoisotopic (exact) mass is 189 g/mol. The average Bonchev–Trinajstić information content (AvgIpc) is 2.09. The average molecular weight is 190 g/mol. The van der Waals surface area contributed by atoms with E-state index in [4.69, 9.17) is 11.8 Å². The fraction of sp³-hybridized carbons (Fsp3) is 0.250. The van der Waals surface area contributed by atoms with Crippen molar-refractivity contribution in [2.75, 3.05) is 4.84 Å². The van der Waals surface area contributed by atoms with Gasteiger partial charge in [-0.15, -0.1) is 12.6 Å². The van der Waals surface area contributed by atoms with Crippen LogP contribution in [-0.2, 0) is 0 Å². The Hall–Kier alpha value is -0.340. The molecule has 0 radical (unpaired) electrons. The molecule has 1 nitrogen and oxygen atoms in total. The van der Waals surface area contributed by atoms with E-state index in [1.165, 1.54) is 0 Å². The zero-order valence-corrected chi connectivity index (χ0v) is 8.28. The highest BCUT2D eigenvalue weighted by atomic mass is 35.5. The summed E-state index contributed by atoms with van der Waals surface area (Å²) in [6.45, 7) is 4.00. The quantitative estimate of drug-likeness (QED) is 0.509. The zero-order valence-electron chi connectivity index (χ0n) is 6.63. The Kier molecular flexibility index (Phi) is 6.18. The van der Waals surface area contributed by atoms with Gasteiger partial charge in [0.15, 0.2) is 0 Å². The van der Waals surface area contributed by atoms with Crippen molar-refractivity contribution in [3.8, 4) is 0 Å². The maximum atomic E-state index is 5.33. The molecule has 0 saturated heterocycles. The second kappa shape index (κ2) is 6.38. The van der Waals surface area contributed by atoms with Crippen molar-refractivity contribution >= 4 is 30.1 Å². The number of thiol groups is 1. The second-order valence-corrected chi connectivity index (χ2v) is 2.28. The molecular formula is C8H12ClNS. The van der Waals surface area contributed by atoms with Crippen LogP contribution in [0.25, 0.3) is 0 Å². The van der Waals surface area contributed by atoms with Crippen LogP contribution in [-0.4, -0.2) is 0 Å². The first-order valence-corrected chi connectivity index (χ1v) is 4.32. The van der Waals surface area contributed by atoms with Crippen molar-refractivity contribution in [2.45, 2.75) is 18.7 Å². The van der Waals surface area contributed by atoms with E-state index < -0.39 is 0 Å². The minimum Gasteiger partial charge on any atom is -0.297 e. The lowest BCUT2D eigenvalue weighted by molar-refractivity contribution is 1.47. The van der Waals surface area contributed by atoms with E-state index in [2.05, 4.69) is 17.5 Å². The van der Waals surface area contributed by atoms with Crippen LogP contribution >= 0.6 is 24.4 Å². The zero-order chi connectivity index (χ0) is 8.69. The molecule has 11 heavy (non-hydrogen) atoms. The number of para-hydroxylation sites is 1. The molecule has 62 valence electrons. The van der Waals surface area contributed by atoms with Crippen molar-refractivity contribution in [1.82, 2.24) is 0 Å². The smallest absolute Gasteiger partial charge is 0.0624 e. The van der Waals surface area contributed by atoms with Crippen LogP contribution in [0, 0.1) is 0 Å². The summed E-state index contributed by atoms with van der Waals surface area (Å²) in [5.74, 6) is 0. The van der Waals surface area contributed by atoms with Crippen LogP contribution in [0.5, 0.6) is 0 Å². The number of hydrogen-bond acceptors (Lipinski definition) is 2. The fourth-order valence-electron chi connectivity index (χ4n) is 0.554. The van der Waals surface area contributed by atoms with Gasteiger partial charge in [0.1, 0.15) is 0 Å². The summed E-state index contributed by atoms with van der Waals surface area (Å²) in [4.78, 5) is 3.35.